The van der Waals surface area contributed by atoms with Crippen molar-refractivity contribution in [3.05, 3.63) is 107 Å². The second-order valence-corrected chi connectivity index (χ2v) is 6.92. The van der Waals surface area contributed by atoms with Crippen molar-refractivity contribution in [2.24, 2.45) is 0 Å². The summed E-state index contributed by atoms with van der Waals surface area (Å²) in [4.78, 5) is 0. The zero-order valence-corrected chi connectivity index (χ0v) is 16.1. The lowest BCUT2D eigenvalue weighted by molar-refractivity contribution is 0.451. The number of halogens is 4. The molecule has 0 bridgehead atoms. The Kier molecular flexibility index (Phi) is 5.29. The van der Waals surface area contributed by atoms with Crippen LogP contribution in [0.2, 0.25) is 0 Å². The molecule has 0 fully saturated rings. The first-order valence-corrected chi connectivity index (χ1v) is 9.44. The molecule has 4 rings (SSSR count). The van der Waals surface area contributed by atoms with Gasteiger partial charge in [-0.2, -0.15) is 0 Å². The predicted molar refractivity (Wildman–Crippen MR) is 111 cm³/mol. The standard InChI is InChI=1S/C26H16F4/c1-2-16-3-5-17(6-4-16)7-8-18-9-11-19(12-10-18)20-13-21-15-23(28)25(29)26(30)24(21)22(27)14-20/h3-6,9-15H,2H2,1H3. The van der Waals surface area contributed by atoms with Gasteiger partial charge in [0, 0.05) is 11.1 Å². The molecule has 0 N–H and O–H groups in total. The van der Waals surface area contributed by atoms with Gasteiger partial charge in [-0.1, -0.05) is 43.0 Å². The van der Waals surface area contributed by atoms with E-state index >= 15 is 0 Å². The first kappa shape index (κ1) is 19.7. The highest BCUT2D eigenvalue weighted by Gasteiger charge is 2.17. The van der Waals surface area contributed by atoms with Gasteiger partial charge in [-0.15, -0.1) is 0 Å². The third kappa shape index (κ3) is 3.79. The first-order valence-electron chi connectivity index (χ1n) is 9.44. The number of hydrogen-bond donors (Lipinski definition) is 0. The van der Waals surface area contributed by atoms with Crippen molar-refractivity contribution >= 4 is 10.8 Å². The number of rotatable bonds is 2. The fourth-order valence-corrected chi connectivity index (χ4v) is 3.27. The lowest BCUT2D eigenvalue weighted by Crippen LogP contribution is -1.95. The molecule has 0 saturated heterocycles. The number of benzene rings is 4. The van der Waals surface area contributed by atoms with Gasteiger partial charge < -0.3 is 0 Å². The number of fused-ring (bicyclic) bond motifs is 1. The molecule has 0 aromatic heterocycles. The lowest BCUT2D eigenvalue weighted by Gasteiger charge is -2.08. The fourth-order valence-electron chi connectivity index (χ4n) is 3.27. The summed E-state index contributed by atoms with van der Waals surface area (Å²) >= 11 is 0. The van der Waals surface area contributed by atoms with Gasteiger partial charge in [0.05, 0.1) is 5.39 Å². The second kappa shape index (κ2) is 8.04. The minimum atomic E-state index is -1.68. The molecule has 0 saturated carbocycles. The predicted octanol–water partition coefficient (Wildman–Crippen LogP) is 7.03. The normalized spacial score (nSPS) is 10.7. The van der Waals surface area contributed by atoms with E-state index in [0.29, 0.717) is 11.1 Å². The molecular formula is C26H16F4. The molecule has 30 heavy (non-hydrogen) atoms. The van der Waals surface area contributed by atoms with E-state index in [1.807, 2.05) is 24.3 Å². The molecule has 4 aromatic rings. The molecule has 4 aromatic carbocycles. The molecule has 148 valence electrons. The van der Waals surface area contributed by atoms with Crippen molar-refractivity contribution in [2.75, 3.05) is 0 Å². The molecule has 0 aliphatic heterocycles. The Morgan fingerprint density at radius 3 is 1.83 bits per heavy atom. The van der Waals surface area contributed by atoms with Crippen LogP contribution in [0.25, 0.3) is 21.9 Å². The van der Waals surface area contributed by atoms with Crippen LogP contribution < -0.4 is 0 Å². The van der Waals surface area contributed by atoms with E-state index in [9.17, 15) is 17.6 Å². The molecule has 0 atom stereocenters. The van der Waals surface area contributed by atoms with Gasteiger partial charge in [-0.25, -0.2) is 17.6 Å². The van der Waals surface area contributed by atoms with Gasteiger partial charge in [0.1, 0.15) is 5.82 Å². The van der Waals surface area contributed by atoms with E-state index in [4.69, 9.17) is 0 Å². The van der Waals surface area contributed by atoms with Crippen LogP contribution in [0.1, 0.15) is 23.6 Å². The minimum Gasteiger partial charge on any atom is -0.206 e. The summed E-state index contributed by atoms with van der Waals surface area (Å²) < 4.78 is 55.3. The van der Waals surface area contributed by atoms with Gasteiger partial charge >= 0.3 is 0 Å². The maximum atomic E-state index is 14.4. The van der Waals surface area contributed by atoms with E-state index in [-0.39, 0.29) is 5.39 Å². The Hall–Kier alpha value is -3.58. The molecule has 4 heteroatoms. The summed E-state index contributed by atoms with van der Waals surface area (Å²) in [6.07, 6.45) is 0.971. The molecule has 0 heterocycles. The van der Waals surface area contributed by atoms with Crippen LogP contribution in [0, 0.1) is 35.1 Å². The monoisotopic (exact) mass is 404 g/mol. The van der Waals surface area contributed by atoms with Gasteiger partial charge in [0.25, 0.3) is 0 Å². The minimum absolute atomic E-state index is 0.0409. The third-order valence-corrected chi connectivity index (χ3v) is 4.96. The van der Waals surface area contributed by atoms with Crippen LogP contribution in [0.3, 0.4) is 0 Å². The summed E-state index contributed by atoms with van der Waals surface area (Å²) in [6, 6.07) is 18.4. The lowest BCUT2D eigenvalue weighted by atomic mass is 9.99. The Bertz CT molecular complexity index is 1290. The van der Waals surface area contributed by atoms with Crippen molar-refractivity contribution in [1.82, 2.24) is 0 Å². The third-order valence-electron chi connectivity index (χ3n) is 4.96. The number of aryl methyl sites for hydroxylation is 1. The van der Waals surface area contributed by atoms with Crippen LogP contribution in [0.5, 0.6) is 0 Å². The second-order valence-electron chi connectivity index (χ2n) is 6.92. The van der Waals surface area contributed by atoms with Crippen LogP contribution in [-0.2, 0) is 6.42 Å². The molecule has 0 amide bonds. The Morgan fingerprint density at radius 2 is 1.23 bits per heavy atom. The van der Waals surface area contributed by atoms with Crippen LogP contribution in [-0.4, -0.2) is 0 Å². The summed E-state index contributed by atoms with van der Waals surface area (Å²) in [6.45, 7) is 2.09. The zero-order valence-electron chi connectivity index (χ0n) is 16.1. The van der Waals surface area contributed by atoms with Gasteiger partial charge in [-0.3, -0.25) is 0 Å². The molecule has 0 aliphatic carbocycles. The van der Waals surface area contributed by atoms with Crippen LogP contribution >= 0.6 is 0 Å². The van der Waals surface area contributed by atoms with Crippen molar-refractivity contribution < 1.29 is 17.6 Å². The quantitative estimate of drug-likeness (QED) is 0.191. The van der Waals surface area contributed by atoms with Gasteiger partial charge in [-0.05, 0) is 71.0 Å². The average molecular weight is 404 g/mol. The maximum absolute atomic E-state index is 14.4. The summed E-state index contributed by atoms with van der Waals surface area (Å²) in [5.74, 6) is 0.668. The average Bonchev–Trinajstić information content (AvgIpc) is 2.76. The topological polar surface area (TPSA) is 0 Å². The maximum Gasteiger partial charge on any atom is 0.195 e. The van der Waals surface area contributed by atoms with Crippen molar-refractivity contribution in [3.63, 3.8) is 0 Å². The van der Waals surface area contributed by atoms with Crippen LogP contribution in [0.15, 0.2) is 66.7 Å². The molecule has 0 nitrogen and oxygen atoms in total. The Balaban J connectivity index is 1.65. The summed E-state index contributed by atoms with van der Waals surface area (Å²) in [5, 5.41) is -0.602. The SMILES string of the molecule is CCc1ccc(C#Cc2ccc(-c3cc(F)c4c(F)c(F)c(F)cc4c3)cc2)cc1. The molecule has 0 unspecified atom stereocenters. The molecule has 0 spiro atoms. The van der Waals surface area contributed by atoms with Crippen molar-refractivity contribution in [2.45, 2.75) is 13.3 Å². The van der Waals surface area contributed by atoms with E-state index in [2.05, 4.69) is 18.8 Å². The molecule has 0 aliphatic rings. The van der Waals surface area contributed by atoms with Crippen molar-refractivity contribution in [3.8, 4) is 23.0 Å². The largest absolute Gasteiger partial charge is 0.206 e. The first-order chi connectivity index (χ1) is 14.5. The van der Waals surface area contributed by atoms with Gasteiger partial charge in [0.2, 0.25) is 0 Å². The van der Waals surface area contributed by atoms with E-state index < -0.39 is 28.7 Å². The highest BCUT2D eigenvalue weighted by Crippen LogP contribution is 2.31. The van der Waals surface area contributed by atoms with Gasteiger partial charge in [0.15, 0.2) is 17.5 Å². The summed E-state index contributed by atoms with van der Waals surface area (Å²) in [7, 11) is 0. The number of hydrogen-bond acceptors (Lipinski definition) is 0. The van der Waals surface area contributed by atoms with E-state index in [0.717, 1.165) is 29.7 Å². The summed E-state index contributed by atoms with van der Waals surface area (Å²) in [5.41, 5.74) is 4.01. The Morgan fingerprint density at radius 1 is 0.633 bits per heavy atom. The highest BCUT2D eigenvalue weighted by atomic mass is 19.2. The highest BCUT2D eigenvalue weighted by molar-refractivity contribution is 5.88. The van der Waals surface area contributed by atoms with E-state index in [1.165, 1.54) is 11.6 Å². The zero-order chi connectivity index (χ0) is 21.3. The van der Waals surface area contributed by atoms with Crippen LogP contribution in [0.4, 0.5) is 17.6 Å². The fraction of sp³-hybridized carbons (Fsp3) is 0.0769. The van der Waals surface area contributed by atoms with E-state index in [1.54, 1.807) is 24.3 Å². The molecular weight excluding hydrogens is 388 g/mol. The Labute approximate surface area is 171 Å². The molecule has 0 radical (unpaired) electrons. The smallest absolute Gasteiger partial charge is 0.195 e. The van der Waals surface area contributed by atoms with Crippen molar-refractivity contribution in [1.29, 1.82) is 0 Å².